The SMILES string of the molecule is Cc1ccc(-n2cnc(C(F)(F)F)n2)c(C(C)C)c1. The van der Waals surface area contributed by atoms with Gasteiger partial charge in [-0.1, -0.05) is 31.5 Å². The van der Waals surface area contributed by atoms with Crippen LogP contribution in [-0.4, -0.2) is 14.8 Å². The fourth-order valence-electron chi connectivity index (χ4n) is 1.85. The molecular formula is C13H14F3N3. The molecule has 0 spiro atoms. The average Bonchev–Trinajstić information content (AvgIpc) is 2.77. The minimum Gasteiger partial charge on any atom is -0.220 e. The van der Waals surface area contributed by atoms with Crippen LogP contribution in [-0.2, 0) is 6.18 Å². The highest BCUT2D eigenvalue weighted by Crippen LogP contribution is 2.28. The van der Waals surface area contributed by atoms with Crippen molar-refractivity contribution in [2.75, 3.05) is 0 Å². The summed E-state index contributed by atoms with van der Waals surface area (Å²) < 4.78 is 38.7. The molecular weight excluding hydrogens is 255 g/mol. The van der Waals surface area contributed by atoms with Crippen LogP contribution in [0, 0.1) is 6.92 Å². The third-order valence-electron chi connectivity index (χ3n) is 2.80. The summed E-state index contributed by atoms with van der Waals surface area (Å²) in [4.78, 5) is 3.31. The topological polar surface area (TPSA) is 30.7 Å². The van der Waals surface area contributed by atoms with Gasteiger partial charge in [0.25, 0.3) is 5.82 Å². The highest BCUT2D eigenvalue weighted by atomic mass is 19.4. The zero-order valence-corrected chi connectivity index (χ0v) is 10.9. The van der Waals surface area contributed by atoms with Crippen molar-refractivity contribution in [2.24, 2.45) is 0 Å². The molecule has 0 saturated carbocycles. The largest absolute Gasteiger partial charge is 0.453 e. The van der Waals surface area contributed by atoms with Crippen molar-refractivity contribution >= 4 is 0 Å². The predicted octanol–water partition coefficient (Wildman–Crippen LogP) is 3.72. The molecule has 0 aliphatic carbocycles. The van der Waals surface area contributed by atoms with Crippen LogP contribution in [0.25, 0.3) is 5.69 Å². The van der Waals surface area contributed by atoms with Gasteiger partial charge < -0.3 is 0 Å². The van der Waals surface area contributed by atoms with E-state index in [0.717, 1.165) is 17.5 Å². The molecule has 0 atom stereocenters. The number of aromatic nitrogens is 3. The molecule has 0 unspecified atom stereocenters. The first kappa shape index (κ1) is 13.6. The molecule has 1 aromatic carbocycles. The summed E-state index contributed by atoms with van der Waals surface area (Å²) in [6.45, 7) is 5.91. The van der Waals surface area contributed by atoms with E-state index in [4.69, 9.17) is 0 Å². The summed E-state index contributed by atoms with van der Waals surface area (Å²) in [5.41, 5.74) is 2.63. The van der Waals surface area contributed by atoms with Crippen molar-refractivity contribution in [1.29, 1.82) is 0 Å². The standard InChI is InChI=1S/C13H14F3N3/c1-8(2)10-6-9(3)4-5-11(10)19-7-17-12(18-19)13(14,15)16/h4-8H,1-3H3. The van der Waals surface area contributed by atoms with Gasteiger partial charge in [-0.3, -0.25) is 0 Å². The normalized spacial score (nSPS) is 12.2. The van der Waals surface area contributed by atoms with Crippen LogP contribution in [0.3, 0.4) is 0 Å². The van der Waals surface area contributed by atoms with E-state index in [2.05, 4.69) is 10.1 Å². The van der Waals surface area contributed by atoms with Crippen molar-refractivity contribution in [3.63, 3.8) is 0 Å². The van der Waals surface area contributed by atoms with E-state index in [0.29, 0.717) is 5.69 Å². The third kappa shape index (κ3) is 2.77. The van der Waals surface area contributed by atoms with Gasteiger partial charge in [0.05, 0.1) is 5.69 Å². The molecule has 0 amide bonds. The second-order valence-electron chi connectivity index (χ2n) is 4.73. The quantitative estimate of drug-likeness (QED) is 0.832. The Morgan fingerprint density at radius 2 is 1.89 bits per heavy atom. The van der Waals surface area contributed by atoms with Crippen LogP contribution in [0.15, 0.2) is 24.5 Å². The van der Waals surface area contributed by atoms with Gasteiger partial charge in [0, 0.05) is 0 Å². The second-order valence-corrected chi connectivity index (χ2v) is 4.73. The van der Waals surface area contributed by atoms with Crippen molar-refractivity contribution in [3.05, 3.63) is 41.5 Å². The van der Waals surface area contributed by atoms with Crippen molar-refractivity contribution < 1.29 is 13.2 Å². The molecule has 0 saturated heterocycles. The van der Waals surface area contributed by atoms with Crippen LogP contribution in [0.2, 0.25) is 0 Å². The number of benzene rings is 1. The number of hydrogen-bond acceptors (Lipinski definition) is 2. The number of nitrogens with zero attached hydrogens (tertiary/aromatic N) is 3. The highest BCUT2D eigenvalue weighted by Gasteiger charge is 2.36. The van der Waals surface area contributed by atoms with E-state index in [9.17, 15) is 13.2 Å². The van der Waals surface area contributed by atoms with Gasteiger partial charge in [-0.05, 0) is 24.5 Å². The summed E-state index contributed by atoms with van der Waals surface area (Å²) in [6.07, 6.45) is -3.42. The second kappa shape index (κ2) is 4.68. The van der Waals surface area contributed by atoms with Crippen molar-refractivity contribution in [1.82, 2.24) is 14.8 Å². The molecule has 2 rings (SSSR count). The molecule has 0 N–H and O–H groups in total. The van der Waals surface area contributed by atoms with E-state index in [1.54, 1.807) is 6.07 Å². The highest BCUT2D eigenvalue weighted by molar-refractivity contribution is 5.44. The lowest BCUT2D eigenvalue weighted by Crippen LogP contribution is -2.09. The summed E-state index contributed by atoms with van der Waals surface area (Å²) in [7, 11) is 0. The fraction of sp³-hybridized carbons (Fsp3) is 0.385. The van der Waals surface area contributed by atoms with E-state index in [-0.39, 0.29) is 5.92 Å². The lowest BCUT2D eigenvalue weighted by atomic mass is 9.99. The number of rotatable bonds is 2. The van der Waals surface area contributed by atoms with Crippen LogP contribution < -0.4 is 0 Å². The number of aryl methyl sites for hydroxylation is 1. The number of alkyl halides is 3. The first-order valence-corrected chi connectivity index (χ1v) is 5.89. The summed E-state index contributed by atoms with van der Waals surface area (Å²) in [5.74, 6) is -0.934. The Labute approximate surface area is 109 Å². The van der Waals surface area contributed by atoms with E-state index >= 15 is 0 Å². The molecule has 1 aromatic heterocycles. The number of hydrogen-bond donors (Lipinski definition) is 0. The Kier molecular flexibility index (Phi) is 3.34. The molecule has 0 fully saturated rings. The number of halogens is 3. The lowest BCUT2D eigenvalue weighted by molar-refractivity contribution is -0.144. The maximum Gasteiger partial charge on any atom is 0.453 e. The molecule has 1 heterocycles. The van der Waals surface area contributed by atoms with Gasteiger partial charge in [-0.15, -0.1) is 5.10 Å². The molecule has 102 valence electrons. The predicted molar refractivity (Wildman–Crippen MR) is 65.2 cm³/mol. The van der Waals surface area contributed by atoms with E-state index < -0.39 is 12.0 Å². The minimum atomic E-state index is -4.52. The Hall–Kier alpha value is -1.85. The fourth-order valence-corrected chi connectivity index (χ4v) is 1.85. The zero-order chi connectivity index (χ0) is 14.2. The molecule has 6 heteroatoms. The maximum atomic E-state index is 12.5. The zero-order valence-electron chi connectivity index (χ0n) is 10.9. The summed E-state index contributed by atoms with van der Waals surface area (Å²) >= 11 is 0. The van der Waals surface area contributed by atoms with Crippen LogP contribution in [0.5, 0.6) is 0 Å². The Morgan fingerprint density at radius 1 is 1.21 bits per heavy atom. The molecule has 0 aliphatic rings. The van der Waals surface area contributed by atoms with Crippen LogP contribution in [0.4, 0.5) is 13.2 Å². The molecule has 2 aromatic rings. The molecule has 0 radical (unpaired) electrons. The molecule has 0 aliphatic heterocycles. The minimum absolute atomic E-state index is 0.188. The lowest BCUT2D eigenvalue weighted by Gasteiger charge is -2.13. The smallest absolute Gasteiger partial charge is 0.220 e. The first-order valence-electron chi connectivity index (χ1n) is 5.89. The Bertz CT molecular complexity index is 585. The van der Waals surface area contributed by atoms with E-state index in [1.165, 1.54) is 4.68 Å². The van der Waals surface area contributed by atoms with Gasteiger partial charge in [0.1, 0.15) is 6.33 Å². The van der Waals surface area contributed by atoms with Gasteiger partial charge >= 0.3 is 6.18 Å². The summed E-state index contributed by atoms with van der Waals surface area (Å²) in [6, 6.07) is 5.56. The van der Waals surface area contributed by atoms with Crippen molar-refractivity contribution in [2.45, 2.75) is 32.9 Å². The van der Waals surface area contributed by atoms with Crippen molar-refractivity contribution in [3.8, 4) is 5.69 Å². The average molecular weight is 269 g/mol. The summed E-state index contributed by atoms with van der Waals surface area (Å²) in [5, 5.41) is 3.51. The van der Waals surface area contributed by atoms with Gasteiger partial charge in [0.2, 0.25) is 0 Å². The maximum absolute atomic E-state index is 12.5. The van der Waals surface area contributed by atoms with Gasteiger partial charge in [-0.25, -0.2) is 9.67 Å². The Morgan fingerprint density at radius 3 is 2.42 bits per heavy atom. The monoisotopic (exact) mass is 269 g/mol. The van der Waals surface area contributed by atoms with Gasteiger partial charge in [0.15, 0.2) is 0 Å². The van der Waals surface area contributed by atoms with Crippen LogP contribution in [0.1, 0.15) is 36.7 Å². The Balaban J connectivity index is 2.50. The van der Waals surface area contributed by atoms with Gasteiger partial charge in [-0.2, -0.15) is 13.2 Å². The first-order chi connectivity index (χ1) is 8.79. The molecule has 19 heavy (non-hydrogen) atoms. The van der Waals surface area contributed by atoms with Crippen LogP contribution >= 0.6 is 0 Å². The van der Waals surface area contributed by atoms with E-state index in [1.807, 2.05) is 32.9 Å². The third-order valence-corrected chi connectivity index (χ3v) is 2.80. The molecule has 0 bridgehead atoms. The molecule has 3 nitrogen and oxygen atoms in total.